The quantitative estimate of drug-likeness (QED) is 0.233. The van der Waals surface area contributed by atoms with Crippen molar-refractivity contribution in [3.05, 3.63) is 70.4 Å². The van der Waals surface area contributed by atoms with Gasteiger partial charge in [0.15, 0.2) is 0 Å². The molecule has 13 heteroatoms. The predicted octanol–water partition coefficient (Wildman–Crippen LogP) is 3.91. The fraction of sp³-hybridized carbons (Fsp3) is 0.320. The first kappa shape index (κ1) is 30.6. The second-order valence-electron chi connectivity index (χ2n) is 8.46. The minimum Gasteiger partial charge on any atom is -0.480 e. The Kier molecular flexibility index (Phi) is 10.7. The molecule has 1 heterocycles. The first-order valence-corrected chi connectivity index (χ1v) is 11.7. The summed E-state index contributed by atoms with van der Waals surface area (Å²) in [6.45, 7) is 3.82. The average molecular weight is 558 g/mol. The number of benzene rings is 2. The number of carbonyl (C=O) groups is 3. The van der Waals surface area contributed by atoms with Gasteiger partial charge in [0.1, 0.15) is 6.04 Å². The van der Waals surface area contributed by atoms with E-state index >= 15 is 0 Å². The lowest BCUT2D eigenvalue weighted by Gasteiger charge is -2.17. The van der Waals surface area contributed by atoms with Crippen molar-refractivity contribution in [3.8, 4) is 0 Å². The first-order valence-electron chi connectivity index (χ1n) is 11.3. The minimum absolute atomic E-state index is 0.0670. The van der Waals surface area contributed by atoms with Crippen LogP contribution in [0.2, 0.25) is 5.02 Å². The number of hydrogen-bond donors (Lipinski definition) is 6. The topological polar surface area (TPSA) is 152 Å². The number of aliphatic hydroxyl groups is 1. The van der Waals surface area contributed by atoms with Crippen LogP contribution in [0.25, 0.3) is 10.9 Å². The molecule has 3 aromatic rings. The number of fused-ring (bicyclic) bond motifs is 1. The molecule has 38 heavy (non-hydrogen) atoms. The summed E-state index contributed by atoms with van der Waals surface area (Å²) in [5.41, 5.74) is 2.84. The van der Waals surface area contributed by atoms with Gasteiger partial charge in [0.25, 0.3) is 5.91 Å². The van der Waals surface area contributed by atoms with Gasteiger partial charge in [-0.05, 0) is 49.6 Å². The number of aromatic nitrogens is 1. The third-order valence-electron chi connectivity index (χ3n) is 5.43. The molecule has 0 aliphatic heterocycles. The number of halogens is 4. The van der Waals surface area contributed by atoms with E-state index in [1.54, 1.807) is 30.3 Å². The highest BCUT2D eigenvalue weighted by Crippen LogP contribution is 2.23. The Bertz CT molecular complexity index is 1280. The number of rotatable bonds is 9. The van der Waals surface area contributed by atoms with Crippen LogP contribution < -0.4 is 10.6 Å². The molecular weight excluding hydrogens is 531 g/mol. The molecule has 3 atom stereocenters. The van der Waals surface area contributed by atoms with E-state index in [1.807, 2.05) is 25.3 Å². The molecule has 206 valence electrons. The highest BCUT2D eigenvalue weighted by molar-refractivity contribution is 6.30. The summed E-state index contributed by atoms with van der Waals surface area (Å²) >= 11 is 5.99. The molecular formula is C25H27ClF3N3O6. The lowest BCUT2D eigenvalue weighted by Crippen LogP contribution is -2.38. The van der Waals surface area contributed by atoms with Crippen LogP contribution in [0.1, 0.15) is 41.4 Å². The Morgan fingerprint density at radius 1 is 1.08 bits per heavy atom. The van der Waals surface area contributed by atoms with Crippen molar-refractivity contribution in [2.24, 2.45) is 0 Å². The lowest BCUT2D eigenvalue weighted by molar-refractivity contribution is -0.192. The zero-order valence-electron chi connectivity index (χ0n) is 20.3. The SMILES string of the molecule is C[C@H](Cc1c[nH]c2c(C(=O)N[C@@H](C)C(=O)O)cccc12)NC[C@H](O)c1cccc(Cl)c1.O=C(O)C(F)(F)F. The normalized spacial score (nSPS) is 13.7. The average Bonchev–Trinajstić information content (AvgIpc) is 3.24. The van der Waals surface area contributed by atoms with Crippen LogP contribution in [-0.4, -0.2) is 63.0 Å². The summed E-state index contributed by atoms with van der Waals surface area (Å²) in [6.07, 6.45) is -3.22. The van der Waals surface area contributed by atoms with Crippen LogP contribution in [0.15, 0.2) is 48.7 Å². The van der Waals surface area contributed by atoms with E-state index in [1.165, 1.54) is 6.92 Å². The number of alkyl halides is 3. The van der Waals surface area contributed by atoms with E-state index in [2.05, 4.69) is 15.6 Å². The number of amides is 1. The van der Waals surface area contributed by atoms with Gasteiger partial charge in [-0.25, -0.2) is 4.79 Å². The summed E-state index contributed by atoms with van der Waals surface area (Å²) in [7, 11) is 0. The van der Waals surface area contributed by atoms with E-state index in [9.17, 15) is 27.9 Å². The van der Waals surface area contributed by atoms with E-state index in [0.717, 1.165) is 16.5 Å². The monoisotopic (exact) mass is 557 g/mol. The smallest absolute Gasteiger partial charge is 0.480 e. The molecule has 9 nitrogen and oxygen atoms in total. The molecule has 1 aromatic heterocycles. The second-order valence-corrected chi connectivity index (χ2v) is 8.90. The minimum atomic E-state index is -5.08. The number of carboxylic acid groups (broad SMARTS) is 2. The molecule has 0 unspecified atom stereocenters. The van der Waals surface area contributed by atoms with Crippen LogP contribution >= 0.6 is 11.6 Å². The summed E-state index contributed by atoms with van der Waals surface area (Å²) < 4.78 is 31.7. The molecule has 0 fully saturated rings. The predicted molar refractivity (Wildman–Crippen MR) is 134 cm³/mol. The van der Waals surface area contributed by atoms with Gasteiger partial charge in [-0.15, -0.1) is 0 Å². The number of nitrogens with one attached hydrogen (secondary N) is 3. The van der Waals surface area contributed by atoms with Crippen LogP contribution in [0.5, 0.6) is 0 Å². The van der Waals surface area contributed by atoms with Gasteiger partial charge in [0, 0.05) is 29.2 Å². The first-order chi connectivity index (χ1) is 17.7. The van der Waals surface area contributed by atoms with Crippen molar-refractivity contribution in [1.29, 1.82) is 0 Å². The number of aliphatic hydroxyl groups excluding tert-OH is 1. The molecule has 0 aliphatic rings. The largest absolute Gasteiger partial charge is 0.490 e. The molecule has 1 amide bonds. The number of H-pyrrole nitrogens is 1. The Morgan fingerprint density at radius 3 is 2.29 bits per heavy atom. The molecule has 0 saturated heterocycles. The third kappa shape index (κ3) is 8.75. The number of aromatic amines is 1. The van der Waals surface area contributed by atoms with Gasteiger partial charge < -0.3 is 30.9 Å². The standard InChI is InChI=1S/C23H26ClN3O4.C2HF3O2/c1-13(25-12-20(28)15-5-3-6-17(24)10-15)9-16-11-26-21-18(16)7-4-8-19(21)22(29)27-14(2)23(30)31;3-2(4,5)1(6)7/h3-8,10-11,13-14,20,25-26,28H,9,12H2,1-2H3,(H,27,29)(H,30,31);(H,6,7)/t13-,14+,20+;/m1./s1. The number of carbonyl (C=O) groups excluding carboxylic acids is 1. The van der Waals surface area contributed by atoms with Crippen molar-refractivity contribution in [3.63, 3.8) is 0 Å². The Morgan fingerprint density at radius 2 is 1.71 bits per heavy atom. The lowest BCUT2D eigenvalue weighted by atomic mass is 10.0. The Hall–Kier alpha value is -3.61. The van der Waals surface area contributed by atoms with Crippen molar-refractivity contribution < 1.29 is 42.9 Å². The fourth-order valence-corrected chi connectivity index (χ4v) is 3.65. The number of hydrogen-bond acceptors (Lipinski definition) is 5. The molecule has 3 rings (SSSR count). The van der Waals surface area contributed by atoms with Gasteiger partial charge in [-0.1, -0.05) is 35.9 Å². The molecule has 0 saturated carbocycles. The van der Waals surface area contributed by atoms with Crippen molar-refractivity contribution in [2.75, 3.05) is 6.54 Å². The number of para-hydroxylation sites is 1. The summed E-state index contributed by atoms with van der Waals surface area (Å²) in [5.74, 6) is -4.29. The number of aliphatic carboxylic acids is 2. The fourth-order valence-electron chi connectivity index (χ4n) is 3.45. The van der Waals surface area contributed by atoms with Crippen LogP contribution in [0.4, 0.5) is 13.2 Å². The summed E-state index contributed by atoms with van der Waals surface area (Å²) in [6, 6.07) is 11.6. The number of carboxylic acids is 2. The maximum atomic E-state index is 12.5. The zero-order chi connectivity index (χ0) is 28.6. The zero-order valence-corrected chi connectivity index (χ0v) is 21.1. The van der Waals surface area contributed by atoms with Gasteiger partial charge in [-0.2, -0.15) is 13.2 Å². The van der Waals surface area contributed by atoms with Crippen molar-refractivity contribution in [1.82, 2.24) is 15.6 Å². The summed E-state index contributed by atoms with van der Waals surface area (Å²) in [4.78, 5) is 35.6. The van der Waals surface area contributed by atoms with E-state index < -0.39 is 36.2 Å². The van der Waals surface area contributed by atoms with Gasteiger partial charge in [0.05, 0.1) is 17.2 Å². The second kappa shape index (κ2) is 13.3. The van der Waals surface area contributed by atoms with Crippen LogP contribution in [0.3, 0.4) is 0 Å². The van der Waals surface area contributed by atoms with E-state index in [0.29, 0.717) is 29.1 Å². The van der Waals surface area contributed by atoms with Crippen molar-refractivity contribution >= 4 is 40.3 Å². The van der Waals surface area contributed by atoms with Gasteiger partial charge in [0.2, 0.25) is 0 Å². The molecule has 0 radical (unpaired) electrons. The van der Waals surface area contributed by atoms with Gasteiger partial charge in [-0.3, -0.25) is 9.59 Å². The molecule has 2 aromatic carbocycles. The Labute approximate surface area is 220 Å². The van der Waals surface area contributed by atoms with Crippen LogP contribution in [0, 0.1) is 0 Å². The molecule has 6 N–H and O–H groups in total. The third-order valence-corrected chi connectivity index (χ3v) is 5.66. The molecule has 0 spiro atoms. The van der Waals surface area contributed by atoms with Crippen LogP contribution in [-0.2, 0) is 16.0 Å². The van der Waals surface area contributed by atoms with Crippen molar-refractivity contribution in [2.45, 2.75) is 44.6 Å². The molecule has 0 aliphatic carbocycles. The van der Waals surface area contributed by atoms with Gasteiger partial charge >= 0.3 is 18.1 Å². The molecule has 0 bridgehead atoms. The maximum Gasteiger partial charge on any atom is 0.490 e. The van der Waals surface area contributed by atoms with E-state index in [-0.39, 0.29) is 6.04 Å². The highest BCUT2D eigenvalue weighted by Gasteiger charge is 2.38. The van der Waals surface area contributed by atoms with E-state index in [4.69, 9.17) is 26.6 Å². The maximum absolute atomic E-state index is 12.5. The summed E-state index contributed by atoms with van der Waals surface area (Å²) in [5, 5.41) is 33.8. The highest BCUT2D eigenvalue weighted by atomic mass is 35.5. The Balaban J connectivity index is 0.000000638.